The van der Waals surface area contributed by atoms with Crippen LogP contribution in [0.1, 0.15) is 23.7 Å². The topological polar surface area (TPSA) is 32.8 Å². The number of carbonyl (C=O) groups excluding carboxylic acids is 1. The number of ketones is 1. The van der Waals surface area contributed by atoms with E-state index in [0.717, 1.165) is 32.7 Å². The SMILES string of the molecule is CCN1CCN(CCC(=O)c2c(F)cccc2OC)CC1. The molecule has 0 aromatic heterocycles. The summed E-state index contributed by atoms with van der Waals surface area (Å²) in [4.78, 5) is 16.9. The van der Waals surface area contributed by atoms with Gasteiger partial charge in [0.2, 0.25) is 0 Å². The van der Waals surface area contributed by atoms with E-state index in [1.165, 1.54) is 13.2 Å². The standard InChI is InChI=1S/C16H23FN2O2/c1-3-18-9-11-19(12-10-18)8-7-14(20)16-13(17)5-4-6-15(16)21-2/h4-6H,3,7-12H2,1-2H3. The molecule has 0 spiro atoms. The number of methoxy groups -OCH3 is 1. The van der Waals surface area contributed by atoms with Gasteiger partial charge in [0, 0.05) is 39.1 Å². The second kappa shape index (κ2) is 7.52. The number of ether oxygens (including phenoxy) is 1. The normalized spacial score (nSPS) is 16.9. The molecule has 0 aliphatic carbocycles. The Morgan fingerprint density at radius 1 is 1.24 bits per heavy atom. The first-order valence-corrected chi connectivity index (χ1v) is 7.46. The molecule has 0 atom stereocenters. The van der Waals surface area contributed by atoms with Crippen molar-refractivity contribution < 1.29 is 13.9 Å². The van der Waals surface area contributed by atoms with Crippen molar-refractivity contribution in [3.8, 4) is 5.75 Å². The van der Waals surface area contributed by atoms with Gasteiger partial charge in [-0.05, 0) is 18.7 Å². The molecule has 0 radical (unpaired) electrons. The molecule has 0 bridgehead atoms. The van der Waals surface area contributed by atoms with Crippen LogP contribution in [0.3, 0.4) is 0 Å². The number of halogens is 1. The van der Waals surface area contributed by atoms with Crippen LogP contribution in [-0.2, 0) is 0 Å². The highest BCUT2D eigenvalue weighted by Gasteiger charge is 2.20. The van der Waals surface area contributed by atoms with Crippen molar-refractivity contribution in [2.75, 3.05) is 46.4 Å². The average Bonchev–Trinajstić information content (AvgIpc) is 2.52. The third-order valence-electron chi connectivity index (χ3n) is 4.04. The lowest BCUT2D eigenvalue weighted by Gasteiger charge is -2.33. The van der Waals surface area contributed by atoms with Crippen molar-refractivity contribution in [1.29, 1.82) is 0 Å². The summed E-state index contributed by atoms with van der Waals surface area (Å²) in [7, 11) is 1.45. The number of likely N-dealkylation sites (N-methyl/N-ethyl adjacent to an activating group) is 1. The fraction of sp³-hybridized carbons (Fsp3) is 0.562. The van der Waals surface area contributed by atoms with Crippen LogP contribution in [-0.4, -0.2) is 62.0 Å². The zero-order valence-electron chi connectivity index (χ0n) is 12.8. The molecule has 21 heavy (non-hydrogen) atoms. The van der Waals surface area contributed by atoms with Gasteiger partial charge in [-0.15, -0.1) is 0 Å². The summed E-state index contributed by atoms with van der Waals surface area (Å²) < 4.78 is 18.9. The molecule has 1 aromatic carbocycles. The van der Waals surface area contributed by atoms with Crippen LogP contribution in [0.5, 0.6) is 5.75 Å². The summed E-state index contributed by atoms with van der Waals surface area (Å²) in [5.74, 6) is -0.381. The van der Waals surface area contributed by atoms with Crippen molar-refractivity contribution in [2.24, 2.45) is 0 Å². The maximum Gasteiger partial charge on any atom is 0.170 e. The Morgan fingerprint density at radius 3 is 2.52 bits per heavy atom. The van der Waals surface area contributed by atoms with Crippen LogP contribution < -0.4 is 4.74 Å². The molecular formula is C16H23FN2O2. The Morgan fingerprint density at radius 2 is 1.90 bits per heavy atom. The molecule has 1 aromatic rings. The van der Waals surface area contributed by atoms with E-state index in [-0.39, 0.29) is 11.3 Å². The summed E-state index contributed by atoms with van der Waals surface area (Å²) in [6, 6.07) is 4.47. The Balaban J connectivity index is 1.91. The van der Waals surface area contributed by atoms with Crippen LogP contribution >= 0.6 is 0 Å². The van der Waals surface area contributed by atoms with Gasteiger partial charge in [0.05, 0.1) is 12.7 Å². The Bertz CT molecular complexity index is 485. The van der Waals surface area contributed by atoms with Crippen LogP contribution in [0.15, 0.2) is 18.2 Å². The number of benzene rings is 1. The summed E-state index contributed by atoms with van der Waals surface area (Å²) in [6.45, 7) is 7.91. The minimum absolute atomic E-state index is 0.0761. The third kappa shape index (κ3) is 4.02. The second-order valence-corrected chi connectivity index (χ2v) is 5.27. The van der Waals surface area contributed by atoms with Gasteiger partial charge in [-0.3, -0.25) is 4.79 Å². The molecule has 1 saturated heterocycles. The highest BCUT2D eigenvalue weighted by molar-refractivity contribution is 5.99. The first kappa shape index (κ1) is 15.9. The molecule has 116 valence electrons. The minimum atomic E-state index is -0.504. The Labute approximate surface area is 125 Å². The molecule has 1 heterocycles. The maximum atomic E-state index is 13.8. The highest BCUT2D eigenvalue weighted by atomic mass is 19.1. The van der Waals surface area contributed by atoms with Gasteiger partial charge in [-0.25, -0.2) is 4.39 Å². The maximum absolute atomic E-state index is 13.8. The van der Waals surface area contributed by atoms with Crippen molar-refractivity contribution in [3.63, 3.8) is 0 Å². The third-order valence-corrected chi connectivity index (χ3v) is 4.04. The lowest BCUT2D eigenvalue weighted by atomic mass is 10.1. The number of nitrogens with zero attached hydrogens (tertiary/aromatic N) is 2. The fourth-order valence-electron chi connectivity index (χ4n) is 2.66. The summed E-state index contributed by atoms with van der Waals surface area (Å²) >= 11 is 0. The van der Waals surface area contributed by atoms with Gasteiger partial charge >= 0.3 is 0 Å². The largest absolute Gasteiger partial charge is 0.496 e. The number of Topliss-reactive ketones (excluding diaryl/α,β-unsaturated/α-hetero) is 1. The van der Waals surface area contributed by atoms with Crippen LogP contribution in [0.2, 0.25) is 0 Å². The van der Waals surface area contributed by atoms with E-state index in [1.807, 2.05) is 0 Å². The molecule has 0 N–H and O–H groups in total. The van der Waals surface area contributed by atoms with Gasteiger partial charge < -0.3 is 14.5 Å². The molecule has 0 saturated carbocycles. The number of carbonyl (C=O) groups is 1. The van der Waals surface area contributed by atoms with Gasteiger partial charge in [-0.2, -0.15) is 0 Å². The second-order valence-electron chi connectivity index (χ2n) is 5.27. The molecule has 4 nitrogen and oxygen atoms in total. The first-order valence-electron chi connectivity index (χ1n) is 7.46. The highest BCUT2D eigenvalue weighted by Crippen LogP contribution is 2.22. The summed E-state index contributed by atoms with van der Waals surface area (Å²) in [5, 5.41) is 0. The molecule has 1 aliphatic heterocycles. The molecule has 5 heteroatoms. The van der Waals surface area contributed by atoms with Crippen molar-refractivity contribution >= 4 is 5.78 Å². The van der Waals surface area contributed by atoms with E-state index >= 15 is 0 Å². The minimum Gasteiger partial charge on any atom is -0.496 e. The van der Waals surface area contributed by atoms with Gasteiger partial charge in [0.1, 0.15) is 11.6 Å². The van der Waals surface area contributed by atoms with Gasteiger partial charge in [0.15, 0.2) is 5.78 Å². The van der Waals surface area contributed by atoms with Crippen molar-refractivity contribution in [3.05, 3.63) is 29.6 Å². The molecule has 1 fully saturated rings. The molecule has 0 amide bonds. The van der Waals surface area contributed by atoms with E-state index < -0.39 is 5.82 Å². The molecule has 0 unspecified atom stereocenters. The average molecular weight is 294 g/mol. The van der Waals surface area contributed by atoms with E-state index in [2.05, 4.69) is 16.7 Å². The van der Waals surface area contributed by atoms with Crippen LogP contribution in [0, 0.1) is 5.82 Å². The Kier molecular flexibility index (Phi) is 5.70. The smallest absolute Gasteiger partial charge is 0.170 e. The van der Waals surface area contributed by atoms with Crippen molar-refractivity contribution in [1.82, 2.24) is 9.80 Å². The predicted octanol–water partition coefficient (Wildman–Crippen LogP) is 2.04. The summed E-state index contributed by atoms with van der Waals surface area (Å²) in [6.07, 6.45) is 0.323. The van der Waals surface area contributed by atoms with E-state index in [9.17, 15) is 9.18 Å². The van der Waals surface area contributed by atoms with E-state index in [4.69, 9.17) is 4.74 Å². The van der Waals surface area contributed by atoms with Gasteiger partial charge in [0.25, 0.3) is 0 Å². The zero-order valence-corrected chi connectivity index (χ0v) is 12.8. The van der Waals surface area contributed by atoms with Gasteiger partial charge in [-0.1, -0.05) is 13.0 Å². The number of hydrogen-bond acceptors (Lipinski definition) is 4. The summed E-state index contributed by atoms with van der Waals surface area (Å²) in [5.41, 5.74) is 0.0761. The number of hydrogen-bond donors (Lipinski definition) is 0. The monoisotopic (exact) mass is 294 g/mol. The first-order chi connectivity index (χ1) is 10.2. The molecule has 2 rings (SSSR count). The Hall–Kier alpha value is -1.46. The quantitative estimate of drug-likeness (QED) is 0.752. The number of rotatable bonds is 6. The zero-order chi connectivity index (χ0) is 15.2. The van der Waals surface area contributed by atoms with Crippen LogP contribution in [0.25, 0.3) is 0 Å². The molecule has 1 aliphatic rings. The van der Waals surface area contributed by atoms with E-state index in [1.54, 1.807) is 12.1 Å². The lowest BCUT2D eigenvalue weighted by Crippen LogP contribution is -2.46. The van der Waals surface area contributed by atoms with Crippen molar-refractivity contribution in [2.45, 2.75) is 13.3 Å². The fourth-order valence-corrected chi connectivity index (χ4v) is 2.66. The van der Waals surface area contributed by atoms with E-state index in [0.29, 0.717) is 18.7 Å². The van der Waals surface area contributed by atoms with Crippen LogP contribution in [0.4, 0.5) is 4.39 Å². The lowest BCUT2D eigenvalue weighted by molar-refractivity contribution is 0.0925. The molecular weight excluding hydrogens is 271 g/mol. The predicted molar refractivity (Wildman–Crippen MR) is 80.5 cm³/mol. The number of piperazine rings is 1.